The Balaban J connectivity index is 1.60. The lowest BCUT2D eigenvalue weighted by Crippen LogP contribution is -2.19. The van der Waals surface area contributed by atoms with Crippen LogP contribution in [0.3, 0.4) is 0 Å². The summed E-state index contributed by atoms with van der Waals surface area (Å²) in [5.74, 6) is 0.871. The van der Waals surface area contributed by atoms with Gasteiger partial charge in [-0.3, -0.25) is 4.68 Å². The fourth-order valence-corrected chi connectivity index (χ4v) is 3.40. The van der Waals surface area contributed by atoms with Gasteiger partial charge in [0.05, 0.1) is 5.69 Å². The zero-order valence-electron chi connectivity index (χ0n) is 12.4. The lowest BCUT2D eigenvalue weighted by Gasteiger charge is -2.11. The molecular formula is C16H27N3. The van der Waals surface area contributed by atoms with Gasteiger partial charge < -0.3 is 5.32 Å². The minimum atomic E-state index is 0.814. The predicted molar refractivity (Wildman–Crippen MR) is 78.4 cm³/mol. The second-order valence-corrected chi connectivity index (χ2v) is 6.46. The van der Waals surface area contributed by atoms with Gasteiger partial charge in [-0.1, -0.05) is 12.8 Å². The average molecular weight is 261 g/mol. The maximum Gasteiger partial charge on any atom is 0.0628 e. The van der Waals surface area contributed by atoms with E-state index in [4.69, 9.17) is 5.10 Å². The van der Waals surface area contributed by atoms with E-state index in [0.717, 1.165) is 31.5 Å². The Morgan fingerprint density at radius 3 is 2.58 bits per heavy atom. The quantitative estimate of drug-likeness (QED) is 0.853. The van der Waals surface area contributed by atoms with Gasteiger partial charge in [-0.15, -0.1) is 0 Å². The van der Waals surface area contributed by atoms with Gasteiger partial charge in [0.25, 0.3) is 0 Å². The summed E-state index contributed by atoms with van der Waals surface area (Å²) in [5.41, 5.74) is 4.13. The van der Waals surface area contributed by atoms with Gasteiger partial charge in [-0.25, -0.2) is 0 Å². The number of nitrogens with one attached hydrogen (secondary N) is 1. The highest BCUT2D eigenvalue weighted by atomic mass is 15.3. The molecule has 2 aliphatic rings. The summed E-state index contributed by atoms with van der Waals surface area (Å²) in [4.78, 5) is 0. The van der Waals surface area contributed by atoms with Crippen LogP contribution < -0.4 is 5.32 Å². The second kappa shape index (κ2) is 5.66. The smallest absolute Gasteiger partial charge is 0.0628 e. The molecule has 0 aromatic carbocycles. The van der Waals surface area contributed by atoms with E-state index in [1.54, 1.807) is 0 Å². The first-order valence-corrected chi connectivity index (χ1v) is 8.00. The van der Waals surface area contributed by atoms with Crippen molar-refractivity contribution in [1.29, 1.82) is 0 Å². The van der Waals surface area contributed by atoms with Crippen LogP contribution in [-0.4, -0.2) is 22.4 Å². The zero-order valence-corrected chi connectivity index (χ0v) is 12.4. The van der Waals surface area contributed by atoms with Crippen molar-refractivity contribution in [3.8, 4) is 0 Å². The average Bonchev–Trinajstić information content (AvgIpc) is 3.00. The molecule has 1 aromatic heterocycles. The van der Waals surface area contributed by atoms with E-state index >= 15 is 0 Å². The molecule has 0 atom stereocenters. The van der Waals surface area contributed by atoms with E-state index in [0.29, 0.717) is 0 Å². The van der Waals surface area contributed by atoms with Crippen molar-refractivity contribution in [3.05, 3.63) is 17.0 Å². The monoisotopic (exact) mass is 261 g/mol. The summed E-state index contributed by atoms with van der Waals surface area (Å²) < 4.78 is 2.28. The molecule has 0 saturated heterocycles. The largest absolute Gasteiger partial charge is 0.314 e. The molecule has 3 nitrogen and oxygen atoms in total. The Kier molecular flexibility index (Phi) is 3.92. The van der Waals surface area contributed by atoms with Crippen molar-refractivity contribution < 1.29 is 0 Å². The molecule has 2 fully saturated rings. The van der Waals surface area contributed by atoms with Gasteiger partial charge in [0.1, 0.15) is 0 Å². The number of aromatic nitrogens is 2. The lowest BCUT2D eigenvalue weighted by molar-refractivity contribution is 0.421. The highest BCUT2D eigenvalue weighted by molar-refractivity contribution is 5.25. The summed E-state index contributed by atoms with van der Waals surface area (Å²) in [6.45, 7) is 6.68. The van der Waals surface area contributed by atoms with Crippen LogP contribution in [0.2, 0.25) is 0 Å². The fraction of sp³-hybridized carbons (Fsp3) is 0.812. The van der Waals surface area contributed by atoms with Crippen LogP contribution in [0.5, 0.6) is 0 Å². The highest BCUT2D eigenvalue weighted by Crippen LogP contribution is 2.27. The number of hydrogen-bond acceptors (Lipinski definition) is 2. The lowest BCUT2D eigenvalue weighted by atomic mass is 10.1. The van der Waals surface area contributed by atoms with Crippen molar-refractivity contribution in [2.24, 2.45) is 5.92 Å². The third kappa shape index (κ3) is 3.19. The Morgan fingerprint density at radius 2 is 1.89 bits per heavy atom. The maximum absolute atomic E-state index is 4.78. The molecule has 19 heavy (non-hydrogen) atoms. The summed E-state index contributed by atoms with van der Waals surface area (Å²) in [5, 5.41) is 8.38. The van der Waals surface area contributed by atoms with Crippen LogP contribution in [0, 0.1) is 19.8 Å². The normalized spacial score (nSPS) is 20.3. The van der Waals surface area contributed by atoms with Crippen LogP contribution >= 0.6 is 0 Å². The van der Waals surface area contributed by atoms with Crippen LogP contribution in [0.25, 0.3) is 0 Å². The molecule has 0 bridgehead atoms. The molecule has 3 heteroatoms. The minimum absolute atomic E-state index is 0.814. The number of rotatable bonds is 6. The molecule has 0 spiro atoms. The SMILES string of the molecule is Cc1nn(CC2CCCC2)c(C)c1CCNC1CC1. The second-order valence-electron chi connectivity index (χ2n) is 6.46. The van der Waals surface area contributed by atoms with Crippen LogP contribution in [0.15, 0.2) is 0 Å². The molecule has 2 saturated carbocycles. The third-order valence-corrected chi connectivity index (χ3v) is 4.82. The molecule has 2 aliphatic carbocycles. The molecule has 1 heterocycles. The van der Waals surface area contributed by atoms with Crippen LogP contribution in [0.4, 0.5) is 0 Å². The molecule has 1 aromatic rings. The Bertz CT molecular complexity index is 425. The van der Waals surface area contributed by atoms with Gasteiger partial charge in [-0.2, -0.15) is 5.10 Å². The Morgan fingerprint density at radius 1 is 1.16 bits per heavy atom. The topological polar surface area (TPSA) is 29.9 Å². The van der Waals surface area contributed by atoms with Gasteiger partial charge >= 0.3 is 0 Å². The van der Waals surface area contributed by atoms with Crippen LogP contribution in [0.1, 0.15) is 55.5 Å². The number of nitrogens with zero attached hydrogens (tertiary/aromatic N) is 2. The molecule has 0 amide bonds. The van der Waals surface area contributed by atoms with Crippen molar-refractivity contribution in [2.75, 3.05) is 6.54 Å². The molecule has 0 radical (unpaired) electrons. The standard InChI is InChI=1S/C16H27N3/c1-12-16(9-10-17-15-7-8-15)13(2)19(18-12)11-14-5-3-4-6-14/h14-15,17H,3-11H2,1-2H3. The molecule has 3 rings (SSSR count). The minimum Gasteiger partial charge on any atom is -0.314 e. The first kappa shape index (κ1) is 13.2. The molecule has 106 valence electrons. The van der Waals surface area contributed by atoms with E-state index in [2.05, 4.69) is 23.8 Å². The van der Waals surface area contributed by atoms with E-state index < -0.39 is 0 Å². The Hall–Kier alpha value is -0.830. The summed E-state index contributed by atoms with van der Waals surface area (Å²) in [6.07, 6.45) is 9.52. The fourth-order valence-electron chi connectivity index (χ4n) is 3.40. The van der Waals surface area contributed by atoms with E-state index in [1.165, 1.54) is 55.5 Å². The van der Waals surface area contributed by atoms with Gasteiger partial charge in [-0.05, 0) is 64.0 Å². The maximum atomic E-state index is 4.78. The number of aryl methyl sites for hydroxylation is 1. The molecule has 0 unspecified atom stereocenters. The zero-order chi connectivity index (χ0) is 13.2. The van der Waals surface area contributed by atoms with Crippen LogP contribution in [-0.2, 0) is 13.0 Å². The van der Waals surface area contributed by atoms with Gasteiger partial charge in [0.2, 0.25) is 0 Å². The first-order valence-electron chi connectivity index (χ1n) is 8.00. The summed E-state index contributed by atoms with van der Waals surface area (Å²) in [7, 11) is 0. The third-order valence-electron chi connectivity index (χ3n) is 4.82. The molecular weight excluding hydrogens is 234 g/mol. The van der Waals surface area contributed by atoms with Crippen molar-refractivity contribution in [3.63, 3.8) is 0 Å². The van der Waals surface area contributed by atoms with E-state index in [1.807, 2.05) is 0 Å². The first-order chi connectivity index (χ1) is 9.24. The van der Waals surface area contributed by atoms with Gasteiger partial charge in [0, 0.05) is 18.3 Å². The summed E-state index contributed by atoms with van der Waals surface area (Å²) >= 11 is 0. The number of hydrogen-bond donors (Lipinski definition) is 1. The van der Waals surface area contributed by atoms with Crippen molar-refractivity contribution in [2.45, 2.75) is 71.4 Å². The predicted octanol–water partition coefficient (Wildman–Crippen LogP) is 2.98. The van der Waals surface area contributed by atoms with Gasteiger partial charge in [0.15, 0.2) is 0 Å². The van der Waals surface area contributed by atoms with Crippen molar-refractivity contribution in [1.82, 2.24) is 15.1 Å². The summed E-state index contributed by atoms with van der Waals surface area (Å²) in [6, 6.07) is 0.814. The molecule has 0 aliphatic heterocycles. The Labute approximate surface area is 116 Å². The van der Waals surface area contributed by atoms with E-state index in [-0.39, 0.29) is 0 Å². The highest BCUT2D eigenvalue weighted by Gasteiger charge is 2.21. The molecule has 1 N–H and O–H groups in total. The van der Waals surface area contributed by atoms with Crippen molar-refractivity contribution >= 4 is 0 Å². The van der Waals surface area contributed by atoms with E-state index in [9.17, 15) is 0 Å².